The molecule has 4 aromatic carbocycles. The van der Waals surface area contributed by atoms with Crippen LogP contribution in [0.1, 0.15) is 30.5 Å². The minimum atomic E-state index is -0.789. The zero-order valence-electron chi connectivity index (χ0n) is 22.1. The van der Waals surface area contributed by atoms with Crippen LogP contribution in [-0.2, 0) is 22.6 Å². The van der Waals surface area contributed by atoms with E-state index in [4.69, 9.17) is 9.47 Å². The van der Waals surface area contributed by atoms with Gasteiger partial charge in [0.25, 0.3) is 11.8 Å². The number of urea groups is 1. The molecule has 4 aromatic rings. The molecule has 1 fully saturated rings. The Bertz CT molecular complexity index is 1650. The molecule has 0 aliphatic carbocycles. The SMILES string of the molecule is CCOc1cc(/C=C2/C(=O)NC(=O)N(c3ccc(CC)cc3)C2=O)c(Br)cc1OCc1ccc2ccccc2c1. The van der Waals surface area contributed by atoms with E-state index in [0.29, 0.717) is 40.4 Å². The summed E-state index contributed by atoms with van der Waals surface area (Å²) in [6.45, 7) is 4.59. The highest BCUT2D eigenvalue weighted by atomic mass is 79.9. The maximum Gasteiger partial charge on any atom is 0.335 e. The molecule has 0 spiro atoms. The highest BCUT2D eigenvalue weighted by Crippen LogP contribution is 2.36. The average molecular weight is 599 g/mol. The zero-order chi connectivity index (χ0) is 28.2. The van der Waals surface area contributed by atoms with Crippen molar-refractivity contribution >= 4 is 56.3 Å². The number of aryl methyl sites for hydroxylation is 1. The van der Waals surface area contributed by atoms with Gasteiger partial charge < -0.3 is 9.47 Å². The summed E-state index contributed by atoms with van der Waals surface area (Å²) in [5, 5.41) is 4.55. The highest BCUT2D eigenvalue weighted by molar-refractivity contribution is 9.10. The fourth-order valence-electron chi connectivity index (χ4n) is 4.46. The van der Waals surface area contributed by atoms with E-state index >= 15 is 0 Å². The third-order valence-electron chi connectivity index (χ3n) is 6.58. The first-order valence-corrected chi connectivity index (χ1v) is 13.7. The van der Waals surface area contributed by atoms with Gasteiger partial charge in [-0.25, -0.2) is 9.69 Å². The minimum Gasteiger partial charge on any atom is -0.490 e. The number of carbonyl (C=O) groups excluding carboxylic acids is 3. The fourth-order valence-corrected chi connectivity index (χ4v) is 4.90. The van der Waals surface area contributed by atoms with E-state index in [1.54, 1.807) is 24.3 Å². The second-order valence-corrected chi connectivity index (χ2v) is 10.1. The van der Waals surface area contributed by atoms with Crippen molar-refractivity contribution in [3.63, 3.8) is 0 Å². The van der Waals surface area contributed by atoms with E-state index in [1.165, 1.54) is 6.08 Å². The molecule has 0 atom stereocenters. The summed E-state index contributed by atoms with van der Waals surface area (Å²) in [6.07, 6.45) is 2.26. The van der Waals surface area contributed by atoms with Crippen LogP contribution in [0.5, 0.6) is 11.5 Å². The van der Waals surface area contributed by atoms with Gasteiger partial charge in [0, 0.05) is 4.47 Å². The predicted octanol–water partition coefficient (Wildman–Crippen LogP) is 6.81. The molecule has 4 amide bonds. The summed E-state index contributed by atoms with van der Waals surface area (Å²) < 4.78 is 12.6. The van der Waals surface area contributed by atoms with Gasteiger partial charge in [-0.15, -0.1) is 0 Å². The summed E-state index contributed by atoms with van der Waals surface area (Å²) in [5.41, 5.74) is 2.80. The second kappa shape index (κ2) is 11.8. The molecule has 0 unspecified atom stereocenters. The number of ether oxygens (including phenoxy) is 2. The molecule has 1 heterocycles. The van der Waals surface area contributed by atoms with Crippen LogP contribution in [0.2, 0.25) is 0 Å². The second-order valence-electron chi connectivity index (χ2n) is 9.20. The Balaban J connectivity index is 1.43. The van der Waals surface area contributed by atoms with Crippen molar-refractivity contribution in [2.75, 3.05) is 11.5 Å². The van der Waals surface area contributed by atoms with Crippen molar-refractivity contribution in [2.24, 2.45) is 0 Å². The average Bonchev–Trinajstić information content (AvgIpc) is 2.96. The van der Waals surface area contributed by atoms with E-state index < -0.39 is 17.8 Å². The normalized spacial score (nSPS) is 14.5. The molecule has 0 radical (unpaired) electrons. The number of nitrogens with zero attached hydrogens (tertiary/aromatic N) is 1. The molecule has 7 nitrogen and oxygen atoms in total. The Kier molecular flexibility index (Phi) is 7.98. The van der Waals surface area contributed by atoms with Crippen LogP contribution in [0.15, 0.2) is 88.9 Å². The zero-order valence-corrected chi connectivity index (χ0v) is 23.7. The maximum absolute atomic E-state index is 13.4. The topological polar surface area (TPSA) is 84.9 Å². The predicted molar refractivity (Wildman–Crippen MR) is 158 cm³/mol. The lowest BCUT2D eigenvalue weighted by molar-refractivity contribution is -0.122. The molecule has 202 valence electrons. The van der Waals surface area contributed by atoms with Crippen molar-refractivity contribution in [1.29, 1.82) is 0 Å². The van der Waals surface area contributed by atoms with E-state index in [0.717, 1.165) is 33.2 Å². The third kappa shape index (κ3) is 5.62. The van der Waals surface area contributed by atoms with E-state index in [1.807, 2.05) is 44.2 Å². The van der Waals surface area contributed by atoms with Crippen molar-refractivity contribution in [1.82, 2.24) is 5.32 Å². The van der Waals surface area contributed by atoms with Gasteiger partial charge >= 0.3 is 6.03 Å². The molecular weight excluding hydrogens is 572 g/mol. The number of carbonyl (C=O) groups is 3. The lowest BCUT2D eigenvalue weighted by Crippen LogP contribution is -2.54. The quantitative estimate of drug-likeness (QED) is 0.178. The Labute approximate surface area is 240 Å². The van der Waals surface area contributed by atoms with E-state index in [2.05, 4.69) is 45.5 Å². The molecule has 0 aromatic heterocycles. The minimum absolute atomic E-state index is 0.174. The van der Waals surface area contributed by atoms with E-state index in [9.17, 15) is 14.4 Å². The number of amides is 4. The van der Waals surface area contributed by atoms with Crippen LogP contribution in [-0.4, -0.2) is 24.5 Å². The summed E-state index contributed by atoms with van der Waals surface area (Å²) in [5.74, 6) is -0.501. The van der Waals surface area contributed by atoms with Crippen LogP contribution < -0.4 is 19.7 Å². The first-order chi connectivity index (χ1) is 19.4. The first kappa shape index (κ1) is 27.1. The maximum atomic E-state index is 13.4. The largest absolute Gasteiger partial charge is 0.490 e. The first-order valence-electron chi connectivity index (χ1n) is 12.9. The van der Waals surface area contributed by atoms with Crippen molar-refractivity contribution in [3.05, 3.63) is 106 Å². The summed E-state index contributed by atoms with van der Waals surface area (Å²) in [7, 11) is 0. The number of imide groups is 2. The number of nitrogens with one attached hydrogen (secondary N) is 1. The van der Waals surface area contributed by atoms with Crippen molar-refractivity contribution in [3.8, 4) is 11.5 Å². The number of hydrogen-bond acceptors (Lipinski definition) is 5. The molecule has 5 rings (SSSR count). The Morgan fingerprint density at radius 1 is 0.825 bits per heavy atom. The number of halogens is 1. The van der Waals surface area contributed by atoms with Gasteiger partial charge in [-0.3, -0.25) is 14.9 Å². The molecule has 0 bridgehead atoms. The Morgan fingerprint density at radius 2 is 1.52 bits per heavy atom. The van der Waals surface area contributed by atoms with Gasteiger partial charge in [-0.2, -0.15) is 0 Å². The van der Waals surface area contributed by atoms with Gasteiger partial charge in [0.2, 0.25) is 0 Å². The number of benzene rings is 4. The lowest BCUT2D eigenvalue weighted by atomic mass is 10.1. The van der Waals surface area contributed by atoms with Crippen LogP contribution in [0.3, 0.4) is 0 Å². The molecule has 1 saturated heterocycles. The van der Waals surface area contributed by atoms with Crippen LogP contribution >= 0.6 is 15.9 Å². The molecular formula is C32H27BrN2O5. The van der Waals surface area contributed by atoms with Gasteiger partial charge in [0.1, 0.15) is 12.2 Å². The summed E-state index contributed by atoms with van der Waals surface area (Å²) >= 11 is 3.54. The van der Waals surface area contributed by atoms with Gasteiger partial charge in [-0.1, -0.05) is 71.4 Å². The molecule has 1 N–H and O–H groups in total. The number of hydrogen-bond donors (Lipinski definition) is 1. The van der Waals surface area contributed by atoms with Crippen LogP contribution in [0.25, 0.3) is 16.8 Å². The molecule has 0 saturated carbocycles. The number of anilines is 1. The summed E-state index contributed by atoms with van der Waals surface area (Å²) in [6, 6.07) is 24.0. The number of fused-ring (bicyclic) bond motifs is 1. The third-order valence-corrected chi connectivity index (χ3v) is 7.26. The van der Waals surface area contributed by atoms with Gasteiger partial charge in [0.15, 0.2) is 11.5 Å². The fraction of sp³-hybridized carbons (Fsp3) is 0.156. The Morgan fingerprint density at radius 3 is 2.25 bits per heavy atom. The highest BCUT2D eigenvalue weighted by Gasteiger charge is 2.37. The molecule has 8 heteroatoms. The van der Waals surface area contributed by atoms with Crippen molar-refractivity contribution in [2.45, 2.75) is 26.9 Å². The number of rotatable bonds is 8. The molecule has 1 aliphatic rings. The monoisotopic (exact) mass is 598 g/mol. The Hall–Kier alpha value is -4.43. The molecule has 1 aliphatic heterocycles. The smallest absolute Gasteiger partial charge is 0.335 e. The van der Waals surface area contributed by atoms with Crippen LogP contribution in [0, 0.1) is 0 Å². The van der Waals surface area contributed by atoms with Gasteiger partial charge in [-0.05, 0) is 77.2 Å². The lowest BCUT2D eigenvalue weighted by Gasteiger charge is -2.26. The molecule has 40 heavy (non-hydrogen) atoms. The van der Waals surface area contributed by atoms with Crippen molar-refractivity contribution < 1.29 is 23.9 Å². The van der Waals surface area contributed by atoms with Crippen LogP contribution in [0.4, 0.5) is 10.5 Å². The van der Waals surface area contributed by atoms with E-state index in [-0.39, 0.29) is 5.57 Å². The van der Waals surface area contributed by atoms with Gasteiger partial charge in [0.05, 0.1) is 12.3 Å². The standard InChI is InChI=1S/C32H27BrN2O5/c1-3-20-10-13-25(14-11-20)35-31(37)26(30(36)34-32(35)38)16-24-17-28(39-4-2)29(18-27(24)33)40-19-21-9-12-22-7-5-6-8-23(22)15-21/h5-18H,3-4,19H2,1-2H3,(H,34,36,38)/b26-16-. The number of barbiturate groups is 1. The summed E-state index contributed by atoms with van der Waals surface area (Å²) in [4.78, 5) is 39.6.